The lowest BCUT2D eigenvalue weighted by molar-refractivity contribution is -0.136. The quantitative estimate of drug-likeness (QED) is 0.485. The summed E-state index contributed by atoms with van der Waals surface area (Å²) in [5.74, 6) is 1.02. The first kappa shape index (κ1) is 24.5. The summed E-state index contributed by atoms with van der Waals surface area (Å²) in [6, 6.07) is 15.6. The molecule has 4 rings (SSSR count). The minimum Gasteiger partial charge on any atom is -0.497 e. The summed E-state index contributed by atoms with van der Waals surface area (Å²) in [5.41, 5.74) is 3.66. The number of amides is 2. The van der Waals surface area contributed by atoms with Crippen LogP contribution in [0.15, 0.2) is 54.7 Å². The molecule has 1 saturated carbocycles. The lowest BCUT2D eigenvalue weighted by Gasteiger charge is -2.24. The fourth-order valence-corrected chi connectivity index (χ4v) is 3.79. The van der Waals surface area contributed by atoms with Crippen molar-refractivity contribution in [3.63, 3.8) is 0 Å². The second-order valence-electron chi connectivity index (χ2n) is 9.27. The maximum absolute atomic E-state index is 13.1. The van der Waals surface area contributed by atoms with Gasteiger partial charge in [-0.15, -0.1) is 0 Å². The zero-order valence-electron chi connectivity index (χ0n) is 20.8. The summed E-state index contributed by atoms with van der Waals surface area (Å²) in [4.78, 5) is 34.3. The van der Waals surface area contributed by atoms with E-state index < -0.39 is 0 Å². The number of benzene rings is 2. The second-order valence-corrected chi connectivity index (χ2v) is 9.27. The Morgan fingerprint density at radius 1 is 1.06 bits per heavy atom. The predicted octanol–water partition coefficient (Wildman–Crippen LogP) is 3.60. The Hall–Kier alpha value is -3.65. The number of nitrogens with one attached hydrogen (secondary N) is 1. The van der Waals surface area contributed by atoms with E-state index in [9.17, 15) is 9.59 Å². The fourth-order valence-electron chi connectivity index (χ4n) is 3.79. The van der Waals surface area contributed by atoms with Crippen molar-refractivity contribution in [2.24, 2.45) is 5.92 Å². The number of imidazole rings is 1. The summed E-state index contributed by atoms with van der Waals surface area (Å²) in [6.07, 6.45) is 3.71. The van der Waals surface area contributed by atoms with Gasteiger partial charge in [-0.25, -0.2) is 4.98 Å². The molecule has 0 aliphatic heterocycles. The van der Waals surface area contributed by atoms with E-state index in [4.69, 9.17) is 9.72 Å². The topological polar surface area (TPSA) is 79.7 Å². The molecule has 184 valence electrons. The molecule has 1 aromatic heterocycles. The molecular formula is C27H33N5O3. The standard InChI is InChI=1S/C27H33N5O3/c1-19-5-11-22(12-6-19)32-17-24(20-9-13-23(35-4)14-10-20)28-27(32)29-25(33)18-31(16-15-30(2)3)26(34)21-7-8-21/h5-6,9-14,17,21H,7-8,15-16,18H2,1-4H3,(H,28,29,33). The van der Waals surface area contributed by atoms with Crippen LogP contribution in [-0.2, 0) is 9.59 Å². The van der Waals surface area contributed by atoms with Crippen molar-refractivity contribution < 1.29 is 14.3 Å². The van der Waals surface area contributed by atoms with Gasteiger partial charge in [-0.3, -0.25) is 19.5 Å². The average molecular weight is 476 g/mol. The normalized spacial score (nSPS) is 13.1. The smallest absolute Gasteiger partial charge is 0.246 e. The zero-order valence-corrected chi connectivity index (χ0v) is 20.8. The molecule has 0 radical (unpaired) electrons. The van der Waals surface area contributed by atoms with Crippen molar-refractivity contribution in [2.45, 2.75) is 19.8 Å². The van der Waals surface area contributed by atoms with E-state index in [-0.39, 0.29) is 24.3 Å². The van der Waals surface area contributed by atoms with Crippen molar-refractivity contribution in [2.75, 3.05) is 46.2 Å². The molecule has 0 spiro atoms. The summed E-state index contributed by atoms with van der Waals surface area (Å²) < 4.78 is 7.13. The van der Waals surface area contributed by atoms with E-state index in [1.54, 1.807) is 12.0 Å². The third-order valence-corrected chi connectivity index (χ3v) is 6.04. The zero-order chi connectivity index (χ0) is 24.9. The number of likely N-dealkylation sites (N-methyl/N-ethyl adjacent to an activating group) is 1. The van der Waals surface area contributed by atoms with Crippen molar-refractivity contribution in [1.29, 1.82) is 0 Å². The molecule has 1 aliphatic rings. The Balaban J connectivity index is 1.58. The summed E-state index contributed by atoms with van der Waals surface area (Å²) in [6.45, 7) is 3.24. The molecule has 1 aliphatic carbocycles. The lowest BCUT2D eigenvalue weighted by Crippen LogP contribution is -2.42. The third kappa shape index (κ3) is 6.27. The van der Waals surface area contributed by atoms with E-state index in [0.717, 1.165) is 41.1 Å². The molecular weight excluding hydrogens is 442 g/mol. The van der Waals surface area contributed by atoms with E-state index in [1.807, 2.05) is 85.2 Å². The van der Waals surface area contributed by atoms with Gasteiger partial charge >= 0.3 is 0 Å². The van der Waals surface area contributed by atoms with Crippen molar-refractivity contribution in [1.82, 2.24) is 19.4 Å². The molecule has 0 unspecified atom stereocenters. The maximum Gasteiger partial charge on any atom is 0.246 e. The highest BCUT2D eigenvalue weighted by Crippen LogP contribution is 2.31. The fraction of sp³-hybridized carbons (Fsp3) is 0.370. The van der Waals surface area contributed by atoms with Gasteiger partial charge in [0.15, 0.2) is 0 Å². The van der Waals surface area contributed by atoms with Crippen molar-refractivity contribution >= 4 is 17.8 Å². The van der Waals surface area contributed by atoms with Gasteiger partial charge < -0.3 is 14.5 Å². The van der Waals surface area contributed by atoms with Crippen LogP contribution in [0.2, 0.25) is 0 Å². The molecule has 3 aromatic rings. The number of carbonyl (C=O) groups is 2. The molecule has 0 saturated heterocycles. The minimum atomic E-state index is -0.266. The van der Waals surface area contributed by atoms with Crippen LogP contribution in [-0.4, -0.2) is 72.0 Å². The highest BCUT2D eigenvalue weighted by molar-refractivity contribution is 5.94. The highest BCUT2D eigenvalue weighted by Gasteiger charge is 2.34. The van der Waals surface area contributed by atoms with Crippen LogP contribution in [0.1, 0.15) is 18.4 Å². The number of aryl methyl sites for hydroxylation is 1. The third-order valence-electron chi connectivity index (χ3n) is 6.04. The first-order valence-electron chi connectivity index (χ1n) is 11.9. The molecule has 0 atom stereocenters. The number of ether oxygens (including phenoxy) is 1. The Labute approximate surface area is 206 Å². The van der Waals surface area contributed by atoms with Crippen LogP contribution in [0.25, 0.3) is 16.9 Å². The first-order valence-corrected chi connectivity index (χ1v) is 11.9. The van der Waals surface area contributed by atoms with Gasteiger partial charge in [0.25, 0.3) is 0 Å². The first-order chi connectivity index (χ1) is 16.8. The maximum atomic E-state index is 13.1. The van der Waals surface area contributed by atoms with Crippen LogP contribution in [0.3, 0.4) is 0 Å². The van der Waals surface area contributed by atoms with Crippen LogP contribution >= 0.6 is 0 Å². The van der Waals surface area contributed by atoms with Gasteiger partial charge in [-0.05, 0) is 70.3 Å². The minimum absolute atomic E-state index is 0.00179. The summed E-state index contributed by atoms with van der Waals surface area (Å²) in [7, 11) is 5.54. The number of rotatable bonds is 10. The van der Waals surface area contributed by atoms with Gasteiger partial charge in [-0.2, -0.15) is 0 Å². The van der Waals surface area contributed by atoms with Crippen molar-refractivity contribution in [3.05, 3.63) is 60.3 Å². The van der Waals surface area contributed by atoms with Gasteiger partial charge in [0.1, 0.15) is 5.75 Å². The molecule has 35 heavy (non-hydrogen) atoms. The van der Waals surface area contributed by atoms with Gasteiger partial charge in [0.05, 0.1) is 19.3 Å². The lowest BCUT2D eigenvalue weighted by atomic mass is 10.1. The number of hydrogen-bond donors (Lipinski definition) is 1. The molecule has 1 N–H and O–H groups in total. The van der Waals surface area contributed by atoms with E-state index in [2.05, 4.69) is 5.32 Å². The summed E-state index contributed by atoms with van der Waals surface area (Å²) in [5, 5.41) is 2.95. The number of methoxy groups -OCH3 is 1. The van der Waals surface area contributed by atoms with Gasteiger partial charge in [0.2, 0.25) is 17.8 Å². The number of carbonyl (C=O) groups excluding carboxylic acids is 2. The number of anilines is 1. The molecule has 1 heterocycles. The van der Waals surface area contributed by atoms with Crippen LogP contribution < -0.4 is 10.1 Å². The Morgan fingerprint density at radius 2 is 1.74 bits per heavy atom. The number of aromatic nitrogens is 2. The van der Waals surface area contributed by atoms with E-state index >= 15 is 0 Å². The molecule has 8 heteroatoms. The number of hydrogen-bond acceptors (Lipinski definition) is 5. The Morgan fingerprint density at radius 3 is 2.34 bits per heavy atom. The molecule has 8 nitrogen and oxygen atoms in total. The monoisotopic (exact) mass is 475 g/mol. The molecule has 1 fully saturated rings. The van der Waals surface area contributed by atoms with E-state index in [0.29, 0.717) is 19.0 Å². The van der Waals surface area contributed by atoms with Gasteiger partial charge in [-0.1, -0.05) is 17.7 Å². The van der Waals surface area contributed by atoms with E-state index in [1.165, 1.54) is 0 Å². The Bertz CT molecular complexity index is 1160. The van der Waals surface area contributed by atoms with Crippen LogP contribution in [0, 0.1) is 12.8 Å². The van der Waals surface area contributed by atoms with Crippen LogP contribution in [0.5, 0.6) is 5.75 Å². The molecule has 2 amide bonds. The van der Waals surface area contributed by atoms with Crippen LogP contribution in [0.4, 0.5) is 5.95 Å². The highest BCUT2D eigenvalue weighted by atomic mass is 16.5. The number of nitrogens with zero attached hydrogens (tertiary/aromatic N) is 4. The van der Waals surface area contributed by atoms with Crippen molar-refractivity contribution in [3.8, 4) is 22.7 Å². The average Bonchev–Trinajstić information content (AvgIpc) is 3.62. The predicted molar refractivity (Wildman–Crippen MR) is 137 cm³/mol. The Kier molecular flexibility index (Phi) is 7.51. The molecule has 0 bridgehead atoms. The van der Waals surface area contributed by atoms with Gasteiger partial charge in [0, 0.05) is 36.5 Å². The second kappa shape index (κ2) is 10.7. The molecule has 2 aromatic carbocycles. The summed E-state index contributed by atoms with van der Waals surface area (Å²) >= 11 is 0. The SMILES string of the molecule is COc1ccc(-c2cn(-c3ccc(C)cc3)c(NC(=O)CN(CCN(C)C)C(=O)C3CC3)n2)cc1. The largest absolute Gasteiger partial charge is 0.497 e.